The van der Waals surface area contributed by atoms with Crippen LogP contribution in [0.2, 0.25) is 0 Å². The fourth-order valence-corrected chi connectivity index (χ4v) is 1.96. The first-order valence-electron chi connectivity index (χ1n) is 6.57. The summed E-state index contributed by atoms with van der Waals surface area (Å²) in [6.45, 7) is 10.1. The van der Waals surface area contributed by atoms with Crippen LogP contribution in [0.5, 0.6) is 0 Å². The summed E-state index contributed by atoms with van der Waals surface area (Å²) < 4.78 is 0. The summed E-state index contributed by atoms with van der Waals surface area (Å²) in [5.74, 6) is -0.0368. The highest BCUT2D eigenvalue weighted by Crippen LogP contribution is 2.00. The Balaban J connectivity index is 2.08. The maximum absolute atomic E-state index is 11.6. The third kappa shape index (κ3) is 5.97. The molecule has 6 nitrogen and oxygen atoms in total. The van der Waals surface area contributed by atoms with Crippen molar-refractivity contribution in [3.05, 3.63) is 0 Å². The van der Waals surface area contributed by atoms with Gasteiger partial charge in [0.15, 0.2) is 0 Å². The fraction of sp³-hybridized carbons (Fsp3) is 0.833. The van der Waals surface area contributed by atoms with E-state index in [1.54, 1.807) is 0 Å². The SMILES string of the molecule is CCN1CCN(CC(=O)NCCNC(C)=O)CC1. The predicted octanol–water partition coefficient (Wildman–Crippen LogP) is -1.12. The van der Waals surface area contributed by atoms with Gasteiger partial charge in [0.2, 0.25) is 11.8 Å². The van der Waals surface area contributed by atoms with Gasteiger partial charge in [0, 0.05) is 46.2 Å². The number of nitrogens with zero attached hydrogens (tertiary/aromatic N) is 2. The Morgan fingerprint density at radius 1 is 1.00 bits per heavy atom. The molecule has 1 rings (SSSR count). The van der Waals surface area contributed by atoms with E-state index in [1.807, 2.05) is 0 Å². The molecule has 104 valence electrons. The molecule has 0 bridgehead atoms. The van der Waals surface area contributed by atoms with Crippen molar-refractivity contribution in [1.29, 1.82) is 0 Å². The largest absolute Gasteiger partial charge is 0.355 e. The lowest BCUT2D eigenvalue weighted by Gasteiger charge is -2.33. The smallest absolute Gasteiger partial charge is 0.234 e. The van der Waals surface area contributed by atoms with E-state index in [-0.39, 0.29) is 11.8 Å². The number of rotatable bonds is 6. The average molecular weight is 256 g/mol. The highest BCUT2D eigenvalue weighted by molar-refractivity contribution is 5.78. The Labute approximate surface area is 109 Å². The number of amides is 2. The molecular formula is C12H24N4O2. The van der Waals surface area contributed by atoms with E-state index in [0.717, 1.165) is 32.7 Å². The third-order valence-corrected chi connectivity index (χ3v) is 3.10. The summed E-state index contributed by atoms with van der Waals surface area (Å²) in [4.78, 5) is 26.8. The lowest BCUT2D eigenvalue weighted by atomic mass is 10.3. The number of nitrogens with one attached hydrogen (secondary N) is 2. The van der Waals surface area contributed by atoms with Gasteiger partial charge in [-0.25, -0.2) is 0 Å². The van der Waals surface area contributed by atoms with Crippen molar-refractivity contribution in [1.82, 2.24) is 20.4 Å². The number of carbonyl (C=O) groups excluding carboxylic acids is 2. The van der Waals surface area contributed by atoms with Crippen molar-refractivity contribution in [2.75, 3.05) is 52.4 Å². The van der Waals surface area contributed by atoms with Crippen molar-refractivity contribution >= 4 is 11.8 Å². The van der Waals surface area contributed by atoms with Crippen LogP contribution in [0.15, 0.2) is 0 Å². The number of likely N-dealkylation sites (N-methyl/N-ethyl adjacent to an activating group) is 1. The predicted molar refractivity (Wildman–Crippen MR) is 70.2 cm³/mol. The minimum atomic E-state index is -0.0695. The van der Waals surface area contributed by atoms with E-state index < -0.39 is 0 Å². The summed E-state index contributed by atoms with van der Waals surface area (Å²) in [6, 6.07) is 0. The highest BCUT2D eigenvalue weighted by Gasteiger charge is 2.17. The molecule has 1 saturated heterocycles. The summed E-state index contributed by atoms with van der Waals surface area (Å²) in [6.07, 6.45) is 0. The van der Waals surface area contributed by atoms with E-state index >= 15 is 0 Å². The summed E-state index contributed by atoms with van der Waals surface area (Å²) in [5.41, 5.74) is 0. The monoisotopic (exact) mass is 256 g/mol. The molecule has 1 heterocycles. The van der Waals surface area contributed by atoms with Crippen LogP contribution in [0.3, 0.4) is 0 Å². The summed E-state index contributed by atoms with van der Waals surface area (Å²) in [5, 5.41) is 5.45. The molecule has 1 aliphatic heterocycles. The van der Waals surface area contributed by atoms with Crippen LogP contribution in [0, 0.1) is 0 Å². The Morgan fingerprint density at radius 3 is 2.11 bits per heavy atom. The number of hydrogen-bond donors (Lipinski definition) is 2. The Morgan fingerprint density at radius 2 is 1.56 bits per heavy atom. The normalized spacial score (nSPS) is 17.4. The second-order valence-electron chi connectivity index (χ2n) is 4.54. The lowest BCUT2D eigenvalue weighted by molar-refractivity contribution is -0.123. The average Bonchev–Trinajstić information content (AvgIpc) is 2.35. The maximum atomic E-state index is 11.6. The lowest BCUT2D eigenvalue weighted by Crippen LogP contribution is -2.49. The molecule has 0 aromatic carbocycles. The van der Waals surface area contributed by atoms with Crippen LogP contribution in [0.1, 0.15) is 13.8 Å². The molecule has 2 amide bonds. The van der Waals surface area contributed by atoms with Crippen molar-refractivity contribution in [2.24, 2.45) is 0 Å². The van der Waals surface area contributed by atoms with Crippen molar-refractivity contribution < 1.29 is 9.59 Å². The number of piperazine rings is 1. The van der Waals surface area contributed by atoms with Gasteiger partial charge in [0.25, 0.3) is 0 Å². The van der Waals surface area contributed by atoms with Gasteiger partial charge in [-0.3, -0.25) is 14.5 Å². The van der Waals surface area contributed by atoms with E-state index in [1.165, 1.54) is 6.92 Å². The topological polar surface area (TPSA) is 64.7 Å². The molecule has 0 radical (unpaired) electrons. The second-order valence-corrected chi connectivity index (χ2v) is 4.54. The van der Waals surface area contributed by atoms with Crippen LogP contribution in [0.25, 0.3) is 0 Å². The van der Waals surface area contributed by atoms with E-state index in [2.05, 4.69) is 27.4 Å². The van der Waals surface area contributed by atoms with Crippen molar-refractivity contribution in [3.8, 4) is 0 Å². The van der Waals surface area contributed by atoms with Crippen LogP contribution in [0.4, 0.5) is 0 Å². The summed E-state index contributed by atoms with van der Waals surface area (Å²) in [7, 11) is 0. The molecule has 1 aliphatic rings. The molecule has 18 heavy (non-hydrogen) atoms. The first kappa shape index (κ1) is 14.9. The van der Waals surface area contributed by atoms with Gasteiger partial charge in [-0.15, -0.1) is 0 Å². The zero-order valence-electron chi connectivity index (χ0n) is 11.4. The standard InChI is InChI=1S/C12H24N4O2/c1-3-15-6-8-16(9-7-15)10-12(18)14-5-4-13-11(2)17/h3-10H2,1-2H3,(H,13,17)(H,14,18). The third-order valence-electron chi connectivity index (χ3n) is 3.10. The molecule has 0 aromatic heterocycles. The fourth-order valence-electron chi connectivity index (χ4n) is 1.96. The van der Waals surface area contributed by atoms with Crippen molar-refractivity contribution in [3.63, 3.8) is 0 Å². The second kappa shape index (κ2) is 8.05. The minimum Gasteiger partial charge on any atom is -0.355 e. The number of hydrogen-bond acceptors (Lipinski definition) is 4. The zero-order valence-corrected chi connectivity index (χ0v) is 11.4. The van der Waals surface area contributed by atoms with E-state index in [0.29, 0.717) is 19.6 Å². The quantitative estimate of drug-likeness (QED) is 0.591. The van der Waals surface area contributed by atoms with Gasteiger partial charge in [-0.2, -0.15) is 0 Å². The summed E-state index contributed by atoms with van der Waals surface area (Å²) >= 11 is 0. The molecule has 0 atom stereocenters. The Bertz CT molecular complexity index is 275. The molecule has 0 aromatic rings. The highest BCUT2D eigenvalue weighted by atomic mass is 16.2. The molecule has 2 N–H and O–H groups in total. The van der Waals surface area contributed by atoms with Gasteiger partial charge in [-0.1, -0.05) is 6.92 Å². The van der Waals surface area contributed by atoms with Gasteiger partial charge >= 0.3 is 0 Å². The minimum absolute atomic E-state index is 0.0327. The molecular weight excluding hydrogens is 232 g/mol. The first-order chi connectivity index (χ1) is 8.61. The van der Waals surface area contributed by atoms with Crippen LogP contribution in [-0.2, 0) is 9.59 Å². The molecule has 1 fully saturated rings. The maximum Gasteiger partial charge on any atom is 0.234 e. The Hall–Kier alpha value is -1.14. The first-order valence-corrected chi connectivity index (χ1v) is 6.57. The molecule has 0 aliphatic carbocycles. The van der Waals surface area contributed by atoms with E-state index in [9.17, 15) is 9.59 Å². The van der Waals surface area contributed by atoms with E-state index in [4.69, 9.17) is 0 Å². The zero-order chi connectivity index (χ0) is 13.4. The van der Waals surface area contributed by atoms with Gasteiger partial charge in [-0.05, 0) is 6.54 Å². The van der Waals surface area contributed by atoms with Crippen LogP contribution in [-0.4, -0.2) is 74.0 Å². The van der Waals surface area contributed by atoms with Gasteiger partial charge < -0.3 is 15.5 Å². The van der Waals surface area contributed by atoms with Crippen LogP contribution < -0.4 is 10.6 Å². The number of carbonyl (C=O) groups is 2. The molecule has 0 saturated carbocycles. The molecule has 6 heteroatoms. The Kier molecular flexibility index (Phi) is 6.67. The molecule has 0 unspecified atom stereocenters. The van der Waals surface area contributed by atoms with Crippen molar-refractivity contribution in [2.45, 2.75) is 13.8 Å². The molecule has 0 spiro atoms. The van der Waals surface area contributed by atoms with Gasteiger partial charge in [0.1, 0.15) is 0 Å². The van der Waals surface area contributed by atoms with Gasteiger partial charge in [0.05, 0.1) is 6.54 Å². The van der Waals surface area contributed by atoms with Crippen LogP contribution >= 0.6 is 0 Å².